The van der Waals surface area contributed by atoms with Crippen LogP contribution >= 0.6 is 0 Å². The molecule has 1 heterocycles. The van der Waals surface area contributed by atoms with Crippen molar-refractivity contribution in [2.24, 2.45) is 5.73 Å². The van der Waals surface area contributed by atoms with Crippen LogP contribution in [0.5, 0.6) is 0 Å². The topological polar surface area (TPSA) is 104 Å². The first-order valence-corrected chi connectivity index (χ1v) is 2.63. The highest BCUT2D eigenvalue weighted by atomic mass is 16.4. The van der Waals surface area contributed by atoms with Crippen molar-refractivity contribution < 1.29 is 14.7 Å². The Morgan fingerprint density at radius 1 is 1.50 bits per heavy atom. The number of primary amides is 1. The molecular weight excluding hydrogens is 138 g/mol. The van der Waals surface area contributed by atoms with Gasteiger partial charge in [-0.3, -0.25) is 0 Å². The largest absolute Gasteiger partial charge is 0.465 e. The first-order chi connectivity index (χ1) is 4.63. The van der Waals surface area contributed by atoms with E-state index in [1.54, 1.807) is 0 Å². The molecule has 0 aromatic carbocycles. The van der Waals surface area contributed by atoms with Gasteiger partial charge in [0.15, 0.2) is 0 Å². The minimum absolute atomic E-state index is 0.0463. The maximum atomic E-state index is 10.0. The summed E-state index contributed by atoms with van der Waals surface area (Å²) in [5.74, 6) is 0. The number of amides is 3. The molecule has 1 aliphatic heterocycles. The first-order valence-electron chi connectivity index (χ1n) is 2.63. The van der Waals surface area contributed by atoms with Crippen molar-refractivity contribution in [1.29, 1.82) is 0 Å². The van der Waals surface area contributed by atoms with Gasteiger partial charge in [-0.1, -0.05) is 0 Å². The molecule has 0 spiro atoms. The molecule has 3 amide bonds. The lowest BCUT2D eigenvalue weighted by Crippen LogP contribution is -2.20. The second kappa shape index (κ2) is 4.42. The lowest BCUT2D eigenvalue weighted by molar-refractivity contribution is 0.205. The van der Waals surface area contributed by atoms with E-state index in [0.29, 0.717) is 0 Å². The third-order valence-electron chi connectivity index (χ3n) is 0.696. The number of nitrogens with one attached hydrogen (secondary N) is 2. The van der Waals surface area contributed by atoms with Crippen molar-refractivity contribution in [1.82, 2.24) is 10.6 Å². The van der Waals surface area contributed by atoms with Gasteiger partial charge in [0.25, 0.3) is 0 Å². The highest BCUT2D eigenvalue weighted by molar-refractivity contribution is 5.75. The zero-order valence-corrected chi connectivity index (χ0v) is 5.26. The SMILES string of the molecule is NC(=O)O.O=C1NCCN1. The van der Waals surface area contributed by atoms with Gasteiger partial charge in [-0.05, 0) is 0 Å². The maximum absolute atomic E-state index is 10.0. The van der Waals surface area contributed by atoms with E-state index >= 15 is 0 Å². The van der Waals surface area contributed by atoms with Gasteiger partial charge in [0, 0.05) is 13.1 Å². The Balaban J connectivity index is 0.000000180. The summed E-state index contributed by atoms with van der Waals surface area (Å²) in [4.78, 5) is 18.8. The quantitative estimate of drug-likeness (QED) is 0.350. The summed E-state index contributed by atoms with van der Waals surface area (Å²) in [6, 6.07) is -0.0463. The highest BCUT2D eigenvalue weighted by Gasteiger charge is 2.02. The number of carbonyl (C=O) groups excluding carboxylic acids is 1. The Morgan fingerprint density at radius 2 is 1.80 bits per heavy atom. The second-order valence-electron chi connectivity index (χ2n) is 1.52. The highest BCUT2D eigenvalue weighted by Crippen LogP contribution is 1.69. The van der Waals surface area contributed by atoms with Crippen LogP contribution in [0, 0.1) is 0 Å². The van der Waals surface area contributed by atoms with E-state index in [1.807, 2.05) is 0 Å². The van der Waals surface area contributed by atoms with Gasteiger partial charge in [0.1, 0.15) is 0 Å². The van der Waals surface area contributed by atoms with Gasteiger partial charge >= 0.3 is 12.1 Å². The lowest BCUT2D eigenvalue weighted by Gasteiger charge is -1.80. The van der Waals surface area contributed by atoms with E-state index < -0.39 is 6.09 Å². The van der Waals surface area contributed by atoms with Crippen molar-refractivity contribution in [3.63, 3.8) is 0 Å². The predicted octanol–water partition coefficient (Wildman–Crippen LogP) is -1.08. The van der Waals surface area contributed by atoms with Gasteiger partial charge in [-0.25, -0.2) is 9.59 Å². The average molecular weight is 147 g/mol. The Labute approximate surface area is 57.4 Å². The van der Waals surface area contributed by atoms with E-state index in [4.69, 9.17) is 9.90 Å². The van der Waals surface area contributed by atoms with Crippen molar-refractivity contribution in [2.45, 2.75) is 0 Å². The molecule has 1 aliphatic rings. The van der Waals surface area contributed by atoms with Crippen molar-refractivity contribution in [2.75, 3.05) is 13.1 Å². The molecule has 1 saturated heterocycles. The molecule has 5 N–H and O–H groups in total. The van der Waals surface area contributed by atoms with Crippen LogP contribution in [0.1, 0.15) is 0 Å². The first kappa shape index (κ1) is 8.54. The third kappa shape index (κ3) is 6.54. The molecule has 10 heavy (non-hydrogen) atoms. The molecule has 0 saturated carbocycles. The normalized spacial score (nSPS) is 14.2. The Morgan fingerprint density at radius 3 is 1.90 bits per heavy atom. The molecule has 58 valence electrons. The van der Waals surface area contributed by atoms with Gasteiger partial charge in [-0.15, -0.1) is 0 Å². The van der Waals surface area contributed by atoms with Crippen LogP contribution < -0.4 is 16.4 Å². The minimum Gasteiger partial charge on any atom is -0.465 e. The van der Waals surface area contributed by atoms with Crippen LogP contribution in [-0.2, 0) is 0 Å². The van der Waals surface area contributed by atoms with Crippen molar-refractivity contribution in [3.8, 4) is 0 Å². The van der Waals surface area contributed by atoms with Crippen LogP contribution in [0.15, 0.2) is 0 Å². The molecule has 6 nitrogen and oxygen atoms in total. The van der Waals surface area contributed by atoms with Crippen molar-refractivity contribution in [3.05, 3.63) is 0 Å². The Bertz CT molecular complexity index is 124. The monoisotopic (exact) mass is 147 g/mol. The van der Waals surface area contributed by atoms with Crippen LogP contribution in [-0.4, -0.2) is 30.3 Å². The molecule has 0 unspecified atom stereocenters. The van der Waals surface area contributed by atoms with E-state index in [1.165, 1.54) is 0 Å². The fourth-order valence-electron chi connectivity index (χ4n) is 0.415. The van der Waals surface area contributed by atoms with Gasteiger partial charge < -0.3 is 21.5 Å². The lowest BCUT2D eigenvalue weighted by atomic mass is 10.7. The summed E-state index contributed by atoms with van der Waals surface area (Å²) in [6.45, 7) is 1.55. The summed E-state index contributed by atoms with van der Waals surface area (Å²) in [6.07, 6.45) is -1.33. The summed E-state index contributed by atoms with van der Waals surface area (Å²) in [5, 5.41) is 12.3. The van der Waals surface area contributed by atoms with E-state index in [9.17, 15) is 4.79 Å². The van der Waals surface area contributed by atoms with Crippen molar-refractivity contribution >= 4 is 12.1 Å². The molecular formula is C4H9N3O3. The maximum Gasteiger partial charge on any atom is 0.402 e. The van der Waals surface area contributed by atoms with Gasteiger partial charge in [0.05, 0.1) is 0 Å². The fourth-order valence-corrected chi connectivity index (χ4v) is 0.415. The fraction of sp³-hybridized carbons (Fsp3) is 0.500. The van der Waals surface area contributed by atoms with Crippen LogP contribution in [0.3, 0.4) is 0 Å². The van der Waals surface area contributed by atoms with E-state index in [0.717, 1.165) is 13.1 Å². The minimum atomic E-state index is -1.33. The molecule has 6 heteroatoms. The second-order valence-corrected chi connectivity index (χ2v) is 1.52. The number of urea groups is 1. The van der Waals surface area contributed by atoms with E-state index in [2.05, 4.69) is 16.4 Å². The standard InChI is InChI=1S/C3H6N2O.CH3NO2/c6-3-4-1-2-5-3;2-1(3)4/h1-2H2,(H2,4,5,6);2H2,(H,3,4). The zero-order valence-electron chi connectivity index (χ0n) is 5.26. The van der Waals surface area contributed by atoms with E-state index in [-0.39, 0.29) is 6.03 Å². The summed E-state index contributed by atoms with van der Waals surface area (Å²) < 4.78 is 0. The number of carboxylic acid groups (broad SMARTS) is 1. The van der Waals surface area contributed by atoms with Gasteiger partial charge in [0.2, 0.25) is 0 Å². The van der Waals surface area contributed by atoms with Crippen LogP contribution in [0.25, 0.3) is 0 Å². The molecule has 0 radical (unpaired) electrons. The number of hydrogen-bond donors (Lipinski definition) is 4. The third-order valence-corrected chi connectivity index (χ3v) is 0.696. The average Bonchev–Trinajstić information content (AvgIpc) is 2.15. The smallest absolute Gasteiger partial charge is 0.402 e. The summed E-state index contributed by atoms with van der Waals surface area (Å²) in [5.41, 5.74) is 4.03. The predicted molar refractivity (Wildman–Crippen MR) is 33.6 cm³/mol. The molecule has 0 bridgehead atoms. The molecule has 0 aromatic rings. The zero-order chi connectivity index (χ0) is 7.98. The van der Waals surface area contributed by atoms with Gasteiger partial charge in [-0.2, -0.15) is 0 Å². The molecule has 0 atom stereocenters. The summed E-state index contributed by atoms with van der Waals surface area (Å²) in [7, 11) is 0. The Hall–Kier alpha value is -1.46. The molecule has 1 fully saturated rings. The molecule has 1 rings (SSSR count). The Kier molecular flexibility index (Phi) is 3.78. The number of nitrogens with two attached hydrogens (primary N) is 1. The number of hydrogen-bond acceptors (Lipinski definition) is 2. The van der Waals surface area contributed by atoms with Crippen LogP contribution in [0.4, 0.5) is 9.59 Å². The molecule has 0 aliphatic carbocycles. The molecule has 0 aromatic heterocycles. The van der Waals surface area contributed by atoms with Crippen LogP contribution in [0.2, 0.25) is 0 Å². The number of carbonyl (C=O) groups is 2. The number of rotatable bonds is 0. The summed E-state index contributed by atoms with van der Waals surface area (Å²) >= 11 is 0.